The molecule has 0 amide bonds. The van der Waals surface area contributed by atoms with Gasteiger partial charge in [-0.05, 0) is 111 Å². The predicted octanol–water partition coefficient (Wildman–Crippen LogP) is 8.50. The number of nitrogens with zero attached hydrogens (tertiary/aromatic N) is 2. The van der Waals surface area contributed by atoms with Crippen molar-refractivity contribution in [2.75, 3.05) is 32.7 Å². The zero-order valence-corrected chi connectivity index (χ0v) is 27.3. The topological polar surface area (TPSA) is 43.8 Å². The van der Waals surface area contributed by atoms with Crippen LogP contribution in [-0.2, 0) is 11.2 Å². The standard InChI is InChI=1S/C40H53FN2O2/c1-2-10-30-19-20-31(18-17-29-11-5-3-6-12-29)38(30)32-21-23-42(24-22-32)26-35-27-43(28-37(35)34-15-9-16-36(41)25-34)39(40(44)45)33-13-7-4-8-14-33/h3,5-6,9,11-12,15-16,19-20,25,30,32-33,35,37,39H,2,4,7-8,10,13-14,17-18,21-24,26-28H2,1H3,(H,44,45). The molecule has 4 nitrogen and oxygen atoms in total. The first kappa shape index (κ1) is 32.2. The second-order valence-corrected chi connectivity index (χ2v) is 14.4. The van der Waals surface area contributed by atoms with Gasteiger partial charge in [0.15, 0.2) is 0 Å². The van der Waals surface area contributed by atoms with Gasteiger partial charge in [0, 0.05) is 25.6 Å². The summed E-state index contributed by atoms with van der Waals surface area (Å²) < 4.78 is 14.4. The summed E-state index contributed by atoms with van der Waals surface area (Å²) >= 11 is 0. The van der Waals surface area contributed by atoms with Crippen LogP contribution in [0.5, 0.6) is 0 Å². The second kappa shape index (κ2) is 15.2. The van der Waals surface area contributed by atoms with E-state index < -0.39 is 12.0 Å². The van der Waals surface area contributed by atoms with Gasteiger partial charge < -0.3 is 10.0 Å². The van der Waals surface area contributed by atoms with Crippen LogP contribution in [0.25, 0.3) is 0 Å². The van der Waals surface area contributed by atoms with Crippen LogP contribution in [0.1, 0.15) is 88.2 Å². The highest BCUT2D eigenvalue weighted by atomic mass is 19.1. The summed E-state index contributed by atoms with van der Waals surface area (Å²) in [5, 5.41) is 10.4. The fourth-order valence-electron chi connectivity index (χ4n) is 9.25. The van der Waals surface area contributed by atoms with Gasteiger partial charge in [-0.2, -0.15) is 0 Å². The minimum Gasteiger partial charge on any atom is -0.480 e. The molecular formula is C40H53FN2O2. The highest BCUT2D eigenvalue weighted by Gasteiger charge is 2.43. The Labute approximate surface area is 270 Å². The molecule has 2 aliphatic heterocycles. The quantitative estimate of drug-likeness (QED) is 0.261. The van der Waals surface area contributed by atoms with E-state index in [1.165, 1.54) is 43.7 Å². The highest BCUT2D eigenvalue weighted by molar-refractivity contribution is 5.74. The lowest BCUT2D eigenvalue weighted by Crippen LogP contribution is -2.46. The van der Waals surface area contributed by atoms with E-state index >= 15 is 0 Å². The molecule has 0 radical (unpaired) electrons. The molecule has 3 fully saturated rings. The normalized spacial score (nSPS) is 26.1. The van der Waals surface area contributed by atoms with E-state index in [9.17, 15) is 14.3 Å². The first-order valence-corrected chi connectivity index (χ1v) is 17.9. The minimum absolute atomic E-state index is 0.157. The Kier molecular flexibility index (Phi) is 10.9. The Morgan fingerprint density at radius 3 is 2.44 bits per heavy atom. The minimum atomic E-state index is -0.676. The Balaban J connectivity index is 1.14. The van der Waals surface area contributed by atoms with Crippen molar-refractivity contribution in [3.05, 3.63) is 94.8 Å². The van der Waals surface area contributed by atoms with E-state index in [4.69, 9.17) is 0 Å². The fourth-order valence-corrected chi connectivity index (χ4v) is 9.25. The maximum atomic E-state index is 14.4. The molecule has 2 saturated heterocycles. The fraction of sp³-hybridized carbons (Fsp3) is 0.575. The van der Waals surface area contributed by atoms with Crippen LogP contribution in [-0.4, -0.2) is 59.6 Å². The van der Waals surface area contributed by atoms with E-state index in [2.05, 4.69) is 65.3 Å². The maximum Gasteiger partial charge on any atom is 0.321 e. The molecule has 0 aromatic heterocycles. The maximum absolute atomic E-state index is 14.4. The molecular weight excluding hydrogens is 559 g/mol. The van der Waals surface area contributed by atoms with Crippen molar-refractivity contribution in [1.82, 2.24) is 9.80 Å². The number of halogens is 1. The Bertz CT molecular complexity index is 1320. The first-order chi connectivity index (χ1) is 22.0. The first-order valence-electron chi connectivity index (χ1n) is 17.9. The van der Waals surface area contributed by atoms with E-state index in [0.29, 0.717) is 24.3 Å². The lowest BCUT2D eigenvalue weighted by Gasteiger charge is -2.37. The van der Waals surface area contributed by atoms with Crippen LogP contribution in [0.4, 0.5) is 4.39 Å². The molecule has 6 rings (SSSR count). The van der Waals surface area contributed by atoms with Gasteiger partial charge in [0.25, 0.3) is 0 Å². The number of carboxylic acid groups (broad SMARTS) is 1. The number of carboxylic acids is 1. The zero-order valence-electron chi connectivity index (χ0n) is 27.3. The monoisotopic (exact) mass is 612 g/mol. The lowest BCUT2D eigenvalue weighted by molar-refractivity contribution is -0.145. The number of allylic oxidation sites excluding steroid dienone is 4. The molecule has 0 bridgehead atoms. The highest BCUT2D eigenvalue weighted by Crippen LogP contribution is 2.42. The summed E-state index contributed by atoms with van der Waals surface area (Å²) in [4.78, 5) is 17.5. The van der Waals surface area contributed by atoms with E-state index in [1.807, 2.05) is 6.07 Å². The average Bonchev–Trinajstić information content (AvgIpc) is 3.65. The van der Waals surface area contributed by atoms with Crippen molar-refractivity contribution in [1.29, 1.82) is 0 Å². The molecule has 4 aliphatic rings. The number of rotatable bonds is 12. The Morgan fingerprint density at radius 2 is 1.73 bits per heavy atom. The average molecular weight is 613 g/mol. The van der Waals surface area contributed by atoms with E-state index in [0.717, 1.165) is 70.3 Å². The summed E-state index contributed by atoms with van der Waals surface area (Å²) in [7, 11) is 0. The smallest absolute Gasteiger partial charge is 0.321 e. The van der Waals surface area contributed by atoms with Gasteiger partial charge in [-0.1, -0.05) is 92.8 Å². The molecule has 45 heavy (non-hydrogen) atoms. The summed E-state index contributed by atoms with van der Waals surface area (Å²) in [5.41, 5.74) is 5.74. The molecule has 2 aliphatic carbocycles. The second-order valence-electron chi connectivity index (χ2n) is 14.4. The van der Waals surface area contributed by atoms with Crippen LogP contribution in [0.3, 0.4) is 0 Å². The van der Waals surface area contributed by atoms with Crippen LogP contribution in [0.2, 0.25) is 0 Å². The van der Waals surface area contributed by atoms with Gasteiger partial charge in [-0.15, -0.1) is 0 Å². The summed E-state index contributed by atoms with van der Waals surface area (Å²) in [6.07, 6.45) is 17.4. The van der Waals surface area contributed by atoms with Gasteiger partial charge in [-0.25, -0.2) is 4.39 Å². The number of hydrogen-bond donors (Lipinski definition) is 1. The van der Waals surface area contributed by atoms with Crippen LogP contribution in [0, 0.1) is 29.5 Å². The van der Waals surface area contributed by atoms with Gasteiger partial charge in [0.05, 0.1) is 0 Å². The molecule has 242 valence electrons. The number of hydrogen-bond acceptors (Lipinski definition) is 3. The summed E-state index contributed by atoms with van der Waals surface area (Å²) in [6.45, 7) is 6.91. The lowest BCUT2D eigenvalue weighted by atomic mass is 9.79. The number of benzene rings is 2. The van der Waals surface area contributed by atoms with Crippen LogP contribution >= 0.6 is 0 Å². The molecule has 1 saturated carbocycles. The van der Waals surface area contributed by atoms with Crippen LogP contribution in [0.15, 0.2) is 77.9 Å². The largest absolute Gasteiger partial charge is 0.480 e. The van der Waals surface area contributed by atoms with Crippen molar-refractivity contribution < 1.29 is 14.3 Å². The van der Waals surface area contributed by atoms with Crippen molar-refractivity contribution in [2.24, 2.45) is 23.7 Å². The molecule has 2 aromatic carbocycles. The molecule has 4 atom stereocenters. The van der Waals surface area contributed by atoms with Crippen molar-refractivity contribution in [3.63, 3.8) is 0 Å². The molecule has 1 N–H and O–H groups in total. The van der Waals surface area contributed by atoms with E-state index in [1.54, 1.807) is 17.2 Å². The number of piperidine rings is 1. The van der Waals surface area contributed by atoms with E-state index in [-0.39, 0.29) is 17.7 Å². The predicted molar refractivity (Wildman–Crippen MR) is 181 cm³/mol. The van der Waals surface area contributed by atoms with Crippen molar-refractivity contribution >= 4 is 5.97 Å². The molecule has 5 heteroatoms. The molecule has 4 unspecified atom stereocenters. The summed E-state index contributed by atoms with van der Waals surface area (Å²) in [6, 6.07) is 17.5. The molecule has 2 aromatic rings. The van der Waals surface area contributed by atoms with Gasteiger partial charge >= 0.3 is 5.97 Å². The number of aryl methyl sites for hydroxylation is 1. The third kappa shape index (κ3) is 7.80. The van der Waals surface area contributed by atoms with Crippen molar-refractivity contribution in [3.8, 4) is 0 Å². The Morgan fingerprint density at radius 1 is 0.956 bits per heavy atom. The SMILES string of the molecule is CCCC1C=CC(CCc2ccccc2)=C1C1CCN(CC2CN(C(C(=O)O)C3CCCCC3)CC2c2cccc(F)c2)CC1. The number of carbonyl (C=O) groups is 1. The molecule has 2 heterocycles. The van der Waals surface area contributed by atoms with Crippen LogP contribution < -0.4 is 0 Å². The third-order valence-corrected chi connectivity index (χ3v) is 11.4. The van der Waals surface area contributed by atoms with Gasteiger partial charge in [-0.3, -0.25) is 9.69 Å². The third-order valence-electron chi connectivity index (χ3n) is 11.4. The van der Waals surface area contributed by atoms with Gasteiger partial charge in [0.2, 0.25) is 0 Å². The molecule has 0 spiro atoms. The van der Waals surface area contributed by atoms with Crippen molar-refractivity contribution in [2.45, 2.75) is 89.5 Å². The van der Waals surface area contributed by atoms with Gasteiger partial charge in [0.1, 0.15) is 11.9 Å². The summed E-state index contributed by atoms with van der Waals surface area (Å²) in [5.74, 6) is 1.03. The number of likely N-dealkylation sites (tertiary alicyclic amines) is 2. The number of aliphatic carboxylic acids is 1. The zero-order chi connectivity index (χ0) is 31.2. The Hall–Kier alpha value is -2.76.